The number of ether oxygens (including phenoxy) is 2. The van der Waals surface area contributed by atoms with Crippen LogP contribution in [0.15, 0.2) is 53.4 Å². The highest BCUT2D eigenvalue weighted by molar-refractivity contribution is 7.89. The van der Waals surface area contributed by atoms with Gasteiger partial charge in [-0.05, 0) is 49.6 Å². The minimum Gasteiger partial charge on any atom is -0.434 e. The average Bonchev–Trinajstić information content (AvgIpc) is 3.30. The van der Waals surface area contributed by atoms with Crippen LogP contribution in [0.25, 0.3) is 0 Å². The van der Waals surface area contributed by atoms with E-state index >= 15 is 0 Å². The van der Waals surface area contributed by atoms with Crippen LogP contribution in [-0.2, 0) is 14.8 Å². The van der Waals surface area contributed by atoms with Crippen LogP contribution in [0.4, 0.5) is 8.78 Å². The molecule has 0 radical (unpaired) electrons. The van der Waals surface area contributed by atoms with Crippen LogP contribution in [0.2, 0.25) is 0 Å². The molecule has 32 heavy (non-hydrogen) atoms. The van der Waals surface area contributed by atoms with Crippen molar-refractivity contribution < 1.29 is 31.5 Å². The van der Waals surface area contributed by atoms with Crippen LogP contribution in [0.5, 0.6) is 5.75 Å². The first-order valence-electron chi connectivity index (χ1n) is 10.4. The van der Waals surface area contributed by atoms with Gasteiger partial charge in [0.2, 0.25) is 10.0 Å². The Bertz CT molecular complexity index is 1010. The highest BCUT2D eigenvalue weighted by atomic mass is 32.2. The number of carbonyl (C=O) groups is 1. The van der Waals surface area contributed by atoms with Gasteiger partial charge in [-0.3, -0.25) is 4.79 Å². The van der Waals surface area contributed by atoms with Gasteiger partial charge >= 0.3 is 6.61 Å². The fourth-order valence-corrected chi connectivity index (χ4v) is 4.56. The Morgan fingerprint density at radius 1 is 1.19 bits per heavy atom. The molecule has 1 saturated heterocycles. The number of sulfonamides is 1. The van der Waals surface area contributed by atoms with Crippen LogP contribution in [0, 0.1) is 0 Å². The number of nitrogens with one attached hydrogen (secondary N) is 2. The van der Waals surface area contributed by atoms with Gasteiger partial charge in [-0.15, -0.1) is 0 Å². The van der Waals surface area contributed by atoms with E-state index in [-0.39, 0.29) is 28.9 Å². The summed E-state index contributed by atoms with van der Waals surface area (Å²) < 4.78 is 62.8. The number of hydrogen-bond donors (Lipinski definition) is 2. The summed E-state index contributed by atoms with van der Waals surface area (Å²) in [6.07, 6.45) is 2.03. The lowest BCUT2D eigenvalue weighted by Crippen LogP contribution is -2.32. The van der Waals surface area contributed by atoms with E-state index in [9.17, 15) is 22.0 Å². The van der Waals surface area contributed by atoms with E-state index in [1.54, 1.807) is 25.1 Å². The van der Waals surface area contributed by atoms with Crippen molar-refractivity contribution in [1.82, 2.24) is 10.0 Å². The lowest BCUT2D eigenvalue weighted by molar-refractivity contribution is -0.0507. The molecule has 7 nitrogen and oxygen atoms in total. The van der Waals surface area contributed by atoms with E-state index in [0.717, 1.165) is 12.8 Å². The molecule has 174 valence electrons. The van der Waals surface area contributed by atoms with Crippen LogP contribution in [0.3, 0.4) is 0 Å². The lowest BCUT2D eigenvalue weighted by Gasteiger charge is -2.20. The van der Waals surface area contributed by atoms with E-state index in [1.807, 2.05) is 0 Å². The van der Waals surface area contributed by atoms with Gasteiger partial charge in [0.05, 0.1) is 17.0 Å². The van der Waals surface area contributed by atoms with Gasteiger partial charge in [-0.25, -0.2) is 13.1 Å². The Labute approximate surface area is 186 Å². The molecule has 2 unspecified atom stereocenters. The number of para-hydroxylation sites is 1. The normalized spacial score (nSPS) is 17.3. The second kappa shape index (κ2) is 10.8. The third-order valence-electron chi connectivity index (χ3n) is 5.18. The molecule has 2 atom stereocenters. The largest absolute Gasteiger partial charge is 0.434 e. The van der Waals surface area contributed by atoms with Crippen molar-refractivity contribution in [3.63, 3.8) is 0 Å². The van der Waals surface area contributed by atoms with Crippen molar-refractivity contribution >= 4 is 15.9 Å². The van der Waals surface area contributed by atoms with E-state index in [2.05, 4.69) is 14.8 Å². The molecular formula is C22H26F2N2O5S. The summed E-state index contributed by atoms with van der Waals surface area (Å²) in [5.74, 6) is -0.464. The minimum atomic E-state index is -3.73. The predicted molar refractivity (Wildman–Crippen MR) is 114 cm³/mol. The molecule has 1 fully saturated rings. The predicted octanol–water partition coefficient (Wildman–Crippen LogP) is 3.63. The highest BCUT2D eigenvalue weighted by Crippen LogP contribution is 2.28. The monoisotopic (exact) mass is 468 g/mol. The molecule has 1 amide bonds. The van der Waals surface area contributed by atoms with Crippen molar-refractivity contribution in [2.75, 3.05) is 13.2 Å². The van der Waals surface area contributed by atoms with E-state index in [4.69, 9.17) is 4.74 Å². The van der Waals surface area contributed by atoms with Gasteiger partial charge in [0.25, 0.3) is 5.91 Å². The molecule has 0 bridgehead atoms. The summed E-state index contributed by atoms with van der Waals surface area (Å²) >= 11 is 0. The molecule has 2 aromatic carbocycles. The average molecular weight is 469 g/mol. The van der Waals surface area contributed by atoms with Gasteiger partial charge < -0.3 is 14.8 Å². The molecule has 2 aromatic rings. The molecule has 1 aliphatic rings. The number of halogens is 2. The van der Waals surface area contributed by atoms with Crippen molar-refractivity contribution in [3.05, 3.63) is 59.7 Å². The van der Waals surface area contributed by atoms with Crippen molar-refractivity contribution in [2.24, 2.45) is 0 Å². The van der Waals surface area contributed by atoms with Gasteiger partial charge in [-0.1, -0.05) is 25.1 Å². The van der Waals surface area contributed by atoms with E-state index in [1.165, 1.54) is 30.3 Å². The van der Waals surface area contributed by atoms with Gasteiger partial charge in [0.1, 0.15) is 5.75 Å². The molecular weight excluding hydrogens is 442 g/mol. The Morgan fingerprint density at radius 3 is 2.53 bits per heavy atom. The third-order valence-corrected chi connectivity index (χ3v) is 6.62. The summed E-state index contributed by atoms with van der Waals surface area (Å²) in [6.45, 7) is -0.344. The fraction of sp³-hybridized carbons (Fsp3) is 0.409. The first kappa shape index (κ1) is 24.1. The van der Waals surface area contributed by atoms with Crippen LogP contribution in [-0.4, -0.2) is 40.2 Å². The fourth-order valence-electron chi connectivity index (χ4n) is 3.49. The maximum absolute atomic E-state index is 12.7. The van der Waals surface area contributed by atoms with Gasteiger partial charge in [0.15, 0.2) is 0 Å². The van der Waals surface area contributed by atoms with Crippen molar-refractivity contribution in [1.29, 1.82) is 0 Å². The number of alkyl halides is 2. The summed E-state index contributed by atoms with van der Waals surface area (Å²) in [5.41, 5.74) is 0.676. The first-order valence-corrected chi connectivity index (χ1v) is 11.8. The highest BCUT2D eigenvalue weighted by Gasteiger charge is 2.22. The van der Waals surface area contributed by atoms with Gasteiger partial charge in [-0.2, -0.15) is 8.78 Å². The quantitative estimate of drug-likeness (QED) is 0.556. The zero-order valence-electron chi connectivity index (χ0n) is 17.6. The number of carbonyl (C=O) groups excluding carboxylic acids is 1. The zero-order valence-corrected chi connectivity index (χ0v) is 18.4. The Kier molecular flexibility index (Phi) is 8.16. The Hall–Kier alpha value is -2.56. The molecule has 2 N–H and O–H groups in total. The van der Waals surface area contributed by atoms with Crippen LogP contribution in [0.1, 0.15) is 48.1 Å². The SMILES string of the molecule is CCC(NC(=O)c1ccc(S(=O)(=O)NCC2CCCO2)cc1)c1ccccc1OC(F)F. The van der Waals surface area contributed by atoms with E-state index < -0.39 is 28.6 Å². The summed E-state index contributed by atoms with van der Waals surface area (Å²) in [7, 11) is -3.73. The van der Waals surface area contributed by atoms with Crippen LogP contribution < -0.4 is 14.8 Å². The first-order chi connectivity index (χ1) is 15.3. The molecule has 3 rings (SSSR count). The molecule has 0 spiro atoms. The smallest absolute Gasteiger partial charge is 0.387 e. The summed E-state index contributed by atoms with van der Waals surface area (Å²) in [6, 6.07) is 11.2. The minimum absolute atomic E-state index is 0.00610. The summed E-state index contributed by atoms with van der Waals surface area (Å²) in [4.78, 5) is 12.7. The standard InChI is InChI=1S/C22H26F2N2O5S/c1-2-19(18-7-3-4-8-20(18)31-22(23)24)26-21(27)15-9-11-17(12-10-15)32(28,29)25-14-16-6-5-13-30-16/h3-4,7-12,16,19,22,25H,2,5-6,13-14H2,1H3,(H,26,27). The Balaban J connectivity index is 1.67. The number of rotatable bonds is 10. The molecule has 1 heterocycles. The van der Waals surface area contributed by atoms with Crippen LogP contribution >= 0.6 is 0 Å². The second-order valence-corrected chi connectivity index (χ2v) is 9.13. The topological polar surface area (TPSA) is 93.7 Å². The maximum Gasteiger partial charge on any atom is 0.387 e. The molecule has 0 saturated carbocycles. The van der Waals surface area contributed by atoms with Crippen molar-refractivity contribution in [2.45, 2.75) is 49.8 Å². The molecule has 0 aromatic heterocycles. The lowest BCUT2D eigenvalue weighted by atomic mass is 10.0. The number of hydrogen-bond acceptors (Lipinski definition) is 5. The molecule has 0 aliphatic carbocycles. The van der Waals surface area contributed by atoms with Crippen molar-refractivity contribution in [3.8, 4) is 5.75 Å². The molecule has 10 heteroatoms. The van der Waals surface area contributed by atoms with Gasteiger partial charge in [0, 0.05) is 24.3 Å². The number of benzene rings is 2. The summed E-state index contributed by atoms with van der Waals surface area (Å²) in [5, 5.41) is 2.79. The third kappa shape index (κ3) is 6.24. The maximum atomic E-state index is 12.7. The number of amides is 1. The Morgan fingerprint density at radius 2 is 1.91 bits per heavy atom. The van der Waals surface area contributed by atoms with E-state index in [0.29, 0.717) is 18.6 Å². The zero-order chi connectivity index (χ0) is 23.1. The molecule has 1 aliphatic heterocycles. The second-order valence-electron chi connectivity index (χ2n) is 7.36.